The van der Waals surface area contributed by atoms with E-state index in [0.29, 0.717) is 11.8 Å². The molecule has 0 aliphatic heterocycles. The second kappa shape index (κ2) is 6.36. The number of thiazole rings is 1. The molecule has 1 aromatic heterocycles. The molecule has 0 radical (unpaired) electrons. The second-order valence-corrected chi connectivity index (χ2v) is 8.53. The van der Waals surface area contributed by atoms with Crippen LogP contribution in [0.5, 0.6) is 0 Å². The first-order valence-electron chi connectivity index (χ1n) is 9.20. The molecule has 0 saturated heterocycles. The van der Waals surface area contributed by atoms with E-state index in [1.165, 1.54) is 55.5 Å². The molecule has 0 bridgehead atoms. The molecule has 6 heteroatoms. The Bertz CT molecular complexity index is 663. The second-order valence-electron chi connectivity index (χ2n) is 7.50. The minimum atomic E-state index is -0.703. The van der Waals surface area contributed by atoms with Crippen LogP contribution in [0.1, 0.15) is 86.6 Å². The molecule has 0 unspecified atom stereocenters. The predicted octanol–water partition coefficient (Wildman–Crippen LogP) is 4.00. The minimum Gasteiger partial charge on any atom is -0.308 e. The highest BCUT2D eigenvalue weighted by atomic mass is 32.1. The maximum Gasteiger partial charge on any atom is 0.252 e. The Morgan fingerprint density at radius 2 is 1.88 bits per heavy atom. The van der Waals surface area contributed by atoms with Gasteiger partial charge in [0.15, 0.2) is 11.3 Å². The Balaban J connectivity index is 1.53. The normalized spacial score (nSPS) is 23.1. The lowest BCUT2D eigenvalue weighted by atomic mass is 9.76. The molecule has 1 heterocycles. The van der Waals surface area contributed by atoms with Crippen LogP contribution in [0, 0.1) is 11.5 Å². The fraction of sp³-hybridized carbons (Fsp3) is 0.722. The molecule has 2 N–H and O–H groups in total. The van der Waals surface area contributed by atoms with Crippen LogP contribution in [0.25, 0.3) is 0 Å². The summed E-state index contributed by atoms with van der Waals surface area (Å²) in [7, 11) is 0. The van der Waals surface area contributed by atoms with Crippen molar-refractivity contribution in [3.8, 4) is 6.19 Å². The molecule has 3 saturated carbocycles. The number of nitrogens with zero attached hydrogens (tertiary/aromatic N) is 2. The number of rotatable bonds is 5. The van der Waals surface area contributed by atoms with Crippen LogP contribution in [0.4, 0.5) is 5.13 Å². The Morgan fingerprint density at radius 1 is 1.12 bits per heavy atom. The van der Waals surface area contributed by atoms with Gasteiger partial charge in [-0.15, -0.1) is 11.3 Å². The lowest BCUT2D eigenvalue weighted by Gasteiger charge is -2.38. The lowest BCUT2D eigenvalue weighted by Crippen LogP contribution is -2.57. The first-order valence-corrected chi connectivity index (χ1v) is 10.0. The molecule has 3 aliphatic carbocycles. The number of carbonyl (C=O) groups is 1. The van der Waals surface area contributed by atoms with Crippen LogP contribution in [-0.2, 0) is 4.79 Å². The molecule has 4 rings (SSSR count). The van der Waals surface area contributed by atoms with Crippen LogP contribution in [0.3, 0.4) is 0 Å². The predicted molar refractivity (Wildman–Crippen MR) is 93.9 cm³/mol. The Hall–Kier alpha value is -1.61. The van der Waals surface area contributed by atoms with Gasteiger partial charge in [-0.1, -0.05) is 19.3 Å². The molecule has 3 aliphatic rings. The fourth-order valence-corrected chi connectivity index (χ4v) is 5.18. The third kappa shape index (κ3) is 2.90. The van der Waals surface area contributed by atoms with Gasteiger partial charge >= 0.3 is 0 Å². The Morgan fingerprint density at radius 3 is 2.46 bits per heavy atom. The van der Waals surface area contributed by atoms with Crippen molar-refractivity contribution in [1.82, 2.24) is 10.3 Å². The number of nitriles is 1. The van der Waals surface area contributed by atoms with Crippen LogP contribution in [0.15, 0.2) is 0 Å². The number of amides is 1. The number of aromatic nitrogens is 1. The molecular weight excluding hydrogens is 320 g/mol. The van der Waals surface area contributed by atoms with Crippen LogP contribution < -0.4 is 10.6 Å². The molecule has 3 fully saturated rings. The quantitative estimate of drug-likeness (QED) is 0.625. The maximum atomic E-state index is 12.6. The van der Waals surface area contributed by atoms with Gasteiger partial charge in [-0.3, -0.25) is 10.1 Å². The van der Waals surface area contributed by atoms with Crippen LogP contribution >= 0.6 is 11.3 Å². The topological polar surface area (TPSA) is 77.8 Å². The third-order valence-electron chi connectivity index (χ3n) is 5.78. The van der Waals surface area contributed by atoms with Gasteiger partial charge in [-0.05, 0) is 50.9 Å². The Kier molecular flexibility index (Phi) is 4.21. The molecule has 0 spiro atoms. The molecule has 5 nitrogen and oxygen atoms in total. The van der Waals surface area contributed by atoms with Crippen molar-refractivity contribution in [2.24, 2.45) is 0 Å². The van der Waals surface area contributed by atoms with E-state index in [0.717, 1.165) is 24.4 Å². The highest BCUT2D eigenvalue weighted by molar-refractivity contribution is 7.16. The van der Waals surface area contributed by atoms with E-state index < -0.39 is 5.54 Å². The summed E-state index contributed by atoms with van der Waals surface area (Å²) in [6.07, 6.45) is 13.3. The largest absolute Gasteiger partial charge is 0.308 e. The summed E-state index contributed by atoms with van der Waals surface area (Å²) in [4.78, 5) is 18.8. The van der Waals surface area contributed by atoms with Gasteiger partial charge < -0.3 is 5.32 Å². The molecule has 1 aromatic rings. The molecule has 128 valence electrons. The summed E-state index contributed by atoms with van der Waals surface area (Å²) in [5, 5.41) is 15.4. The molecule has 1 amide bonds. The van der Waals surface area contributed by atoms with E-state index in [1.807, 2.05) is 6.19 Å². The highest BCUT2D eigenvalue weighted by Gasteiger charge is 2.45. The first kappa shape index (κ1) is 15.9. The summed E-state index contributed by atoms with van der Waals surface area (Å²) >= 11 is 1.68. The smallest absolute Gasteiger partial charge is 0.252 e. The summed E-state index contributed by atoms with van der Waals surface area (Å²) in [5.74, 6) is 1.15. The van der Waals surface area contributed by atoms with Crippen molar-refractivity contribution in [2.75, 3.05) is 5.32 Å². The molecular formula is C18H24N4OS. The van der Waals surface area contributed by atoms with Crippen molar-refractivity contribution in [3.63, 3.8) is 0 Å². The number of hydrogen-bond donors (Lipinski definition) is 2. The number of anilines is 1. The summed E-state index contributed by atoms with van der Waals surface area (Å²) < 4.78 is 0. The van der Waals surface area contributed by atoms with E-state index in [1.54, 1.807) is 11.3 Å². The van der Waals surface area contributed by atoms with Gasteiger partial charge in [0, 0.05) is 10.8 Å². The zero-order chi connectivity index (χ0) is 16.6. The molecule has 0 aromatic carbocycles. The lowest BCUT2D eigenvalue weighted by molar-refractivity contribution is -0.125. The van der Waals surface area contributed by atoms with Crippen molar-refractivity contribution >= 4 is 22.4 Å². The van der Waals surface area contributed by atoms with Gasteiger partial charge in [-0.25, -0.2) is 4.98 Å². The van der Waals surface area contributed by atoms with Crippen molar-refractivity contribution < 1.29 is 4.79 Å². The SMILES string of the molecule is N#CNC1(C(=O)Nc2nc(C3CC3)c(C3CCCCC3)s2)CCC1. The van der Waals surface area contributed by atoms with Gasteiger partial charge in [0.05, 0.1) is 5.69 Å². The molecule has 0 atom stereocenters. The zero-order valence-corrected chi connectivity index (χ0v) is 14.8. The monoisotopic (exact) mass is 344 g/mol. The van der Waals surface area contributed by atoms with Gasteiger partial charge in [0.1, 0.15) is 5.54 Å². The van der Waals surface area contributed by atoms with Crippen molar-refractivity contribution in [2.45, 2.75) is 81.6 Å². The summed E-state index contributed by atoms with van der Waals surface area (Å²) in [6, 6.07) is 0. The number of nitrogens with one attached hydrogen (secondary N) is 2. The number of hydrogen-bond acceptors (Lipinski definition) is 5. The van der Waals surface area contributed by atoms with E-state index in [9.17, 15) is 4.79 Å². The summed E-state index contributed by atoms with van der Waals surface area (Å²) in [6.45, 7) is 0. The van der Waals surface area contributed by atoms with E-state index in [2.05, 4.69) is 10.6 Å². The van der Waals surface area contributed by atoms with Gasteiger partial charge in [0.25, 0.3) is 5.91 Å². The standard InChI is InChI=1S/C18H24N4OS/c19-11-20-18(9-4-10-18)16(23)22-17-21-14(12-7-8-12)15(24-17)13-5-2-1-3-6-13/h12-13,20H,1-10H2,(H,21,22,23). The van der Waals surface area contributed by atoms with Crippen LogP contribution in [0.2, 0.25) is 0 Å². The number of carbonyl (C=O) groups excluding carboxylic acids is 1. The van der Waals surface area contributed by atoms with Gasteiger partial charge in [0.2, 0.25) is 0 Å². The zero-order valence-electron chi connectivity index (χ0n) is 13.9. The Labute approximate surface area is 146 Å². The van der Waals surface area contributed by atoms with E-state index in [-0.39, 0.29) is 5.91 Å². The average Bonchev–Trinajstić information content (AvgIpc) is 3.32. The maximum absolute atomic E-state index is 12.6. The van der Waals surface area contributed by atoms with E-state index in [4.69, 9.17) is 10.2 Å². The van der Waals surface area contributed by atoms with Gasteiger partial charge in [-0.2, -0.15) is 5.26 Å². The molecule has 24 heavy (non-hydrogen) atoms. The fourth-order valence-electron chi connectivity index (χ4n) is 3.97. The first-order chi connectivity index (χ1) is 11.7. The van der Waals surface area contributed by atoms with Crippen molar-refractivity contribution in [3.05, 3.63) is 10.6 Å². The van der Waals surface area contributed by atoms with E-state index >= 15 is 0 Å². The highest BCUT2D eigenvalue weighted by Crippen LogP contribution is 2.48. The van der Waals surface area contributed by atoms with Crippen molar-refractivity contribution in [1.29, 1.82) is 5.26 Å². The minimum absolute atomic E-state index is 0.0957. The third-order valence-corrected chi connectivity index (χ3v) is 6.93. The average molecular weight is 344 g/mol. The van der Waals surface area contributed by atoms with Crippen LogP contribution in [-0.4, -0.2) is 16.4 Å². The summed E-state index contributed by atoms with van der Waals surface area (Å²) in [5.41, 5.74) is 0.545.